The molecular formula is C22H27N3O5S. The quantitative estimate of drug-likeness (QED) is 0.650. The maximum Gasteiger partial charge on any atom is 0.250 e. The third kappa shape index (κ3) is 6.36. The lowest BCUT2D eigenvalue weighted by Crippen LogP contribution is -2.35. The number of carbonyl (C=O) groups is 2. The summed E-state index contributed by atoms with van der Waals surface area (Å²) >= 11 is 0. The molecule has 9 heteroatoms. The summed E-state index contributed by atoms with van der Waals surface area (Å²) in [5.74, 6) is -0.479. The molecule has 0 saturated carbocycles. The summed E-state index contributed by atoms with van der Waals surface area (Å²) in [6.07, 6.45) is 2.96. The van der Waals surface area contributed by atoms with Gasteiger partial charge in [0.25, 0.3) is 0 Å². The van der Waals surface area contributed by atoms with Gasteiger partial charge >= 0.3 is 0 Å². The Morgan fingerprint density at radius 2 is 1.42 bits per heavy atom. The molecule has 1 heterocycles. The molecule has 1 fully saturated rings. The zero-order valence-electron chi connectivity index (χ0n) is 17.5. The minimum atomic E-state index is -3.48. The molecule has 3 rings (SSSR count). The highest BCUT2D eigenvalue weighted by Gasteiger charge is 2.25. The number of sulfonamides is 1. The predicted molar refractivity (Wildman–Crippen MR) is 118 cm³/mol. The smallest absolute Gasteiger partial charge is 0.250 e. The van der Waals surface area contributed by atoms with Crippen molar-refractivity contribution >= 4 is 33.2 Å². The molecule has 1 aliphatic rings. The van der Waals surface area contributed by atoms with Gasteiger partial charge in [-0.05, 0) is 54.8 Å². The summed E-state index contributed by atoms with van der Waals surface area (Å²) in [4.78, 5) is 24.1. The molecule has 0 aromatic heterocycles. The van der Waals surface area contributed by atoms with Crippen LogP contribution in [0.1, 0.15) is 24.8 Å². The zero-order chi connectivity index (χ0) is 22.3. The number of ether oxygens (including phenoxy) is 1. The normalized spacial score (nSPS) is 14.7. The molecule has 0 unspecified atom stereocenters. The fourth-order valence-electron chi connectivity index (χ4n) is 3.39. The number of nitrogens with zero attached hydrogens (tertiary/aromatic N) is 1. The second kappa shape index (κ2) is 10.5. The summed E-state index contributed by atoms with van der Waals surface area (Å²) in [5.41, 5.74) is 1.92. The minimum absolute atomic E-state index is 0.0311. The molecule has 0 radical (unpaired) electrons. The van der Waals surface area contributed by atoms with Gasteiger partial charge in [0.15, 0.2) is 0 Å². The topological polar surface area (TPSA) is 105 Å². The first-order valence-corrected chi connectivity index (χ1v) is 11.6. The molecule has 166 valence electrons. The largest absolute Gasteiger partial charge is 0.375 e. The number of carbonyl (C=O) groups excluding carboxylic acids is 2. The lowest BCUT2D eigenvalue weighted by atomic mass is 10.1. The van der Waals surface area contributed by atoms with Gasteiger partial charge in [0, 0.05) is 31.6 Å². The fraction of sp³-hybridized carbons (Fsp3) is 0.364. The Morgan fingerprint density at radius 1 is 0.871 bits per heavy atom. The van der Waals surface area contributed by atoms with Crippen molar-refractivity contribution in [3.05, 3.63) is 54.1 Å². The van der Waals surface area contributed by atoms with E-state index in [0.29, 0.717) is 24.5 Å². The Bertz CT molecular complexity index is 998. The average Bonchev–Trinajstić information content (AvgIpc) is 2.76. The number of benzene rings is 2. The number of hydrogen-bond donors (Lipinski definition) is 2. The highest BCUT2D eigenvalue weighted by Crippen LogP contribution is 2.21. The van der Waals surface area contributed by atoms with E-state index in [1.807, 2.05) is 0 Å². The molecule has 0 bridgehead atoms. The Labute approximate surface area is 182 Å². The van der Waals surface area contributed by atoms with E-state index in [1.54, 1.807) is 48.5 Å². The van der Waals surface area contributed by atoms with Crippen molar-refractivity contribution in [3.8, 4) is 0 Å². The standard InChI is InChI=1S/C22H27N3O5S/c1-30-16-22(27)24-19-9-7-18(8-10-19)23-21(26)15-17-5-11-20(12-6-17)31(28,29)25-13-3-2-4-14-25/h5-12H,2-4,13-16H2,1H3,(H,23,26)(H,24,27). The lowest BCUT2D eigenvalue weighted by Gasteiger charge is -2.25. The number of piperidine rings is 1. The van der Waals surface area contributed by atoms with Crippen LogP contribution >= 0.6 is 0 Å². The Hall–Kier alpha value is -2.75. The third-order valence-electron chi connectivity index (χ3n) is 4.97. The van der Waals surface area contributed by atoms with Crippen molar-refractivity contribution in [1.29, 1.82) is 0 Å². The molecular weight excluding hydrogens is 418 g/mol. The van der Waals surface area contributed by atoms with Crippen molar-refractivity contribution in [2.24, 2.45) is 0 Å². The maximum absolute atomic E-state index is 12.7. The Morgan fingerprint density at radius 3 is 1.97 bits per heavy atom. The zero-order valence-corrected chi connectivity index (χ0v) is 18.3. The van der Waals surface area contributed by atoms with Crippen molar-refractivity contribution in [2.45, 2.75) is 30.6 Å². The number of hydrogen-bond acceptors (Lipinski definition) is 5. The van der Waals surface area contributed by atoms with E-state index in [2.05, 4.69) is 10.6 Å². The average molecular weight is 446 g/mol. The van der Waals surface area contributed by atoms with Gasteiger partial charge in [-0.2, -0.15) is 4.31 Å². The second-order valence-electron chi connectivity index (χ2n) is 7.39. The van der Waals surface area contributed by atoms with Gasteiger partial charge in [-0.25, -0.2) is 8.42 Å². The van der Waals surface area contributed by atoms with E-state index in [-0.39, 0.29) is 29.7 Å². The van der Waals surface area contributed by atoms with E-state index in [1.165, 1.54) is 11.4 Å². The minimum Gasteiger partial charge on any atom is -0.375 e. The molecule has 2 aromatic rings. The first kappa shape index (κ1) is 22.9. The lowest BCUT2D eigenvalue weighted by molar-refractivity contribution is -0.119. The molecule has 31 heavy (non-hydrogen) atoms. The molecule has 2 amide bonds. The van der Waals surface area contributed by atoms with Crippen molar-refractivity contribution < 1.29 is 22.7 Å². The molecule has 2 N–H and O–H groups in total. The van der Waals surface area contributed by atoms with Crippen LogP contribution in [-0.4, -0.2) is 51.3 Å². The molecule has 2 aromatic carbocycles. The van der Waals surface area contributed by atoms with Gasteiger partial charge in [0.1, 0.15) is 6.61 Å². The van der Waals surface area contributed by atoms with E-state index in [0.717, 1.165) is 24.8 Å². The second-order valence-corrected chi connectivity index (χ2v) is 9.33. The fourth-order valence-corrected chi connectivity index (χ4v) is 4.91. The van der Waals surface area contributed by atoms with E-state index >= 15 is 0 Å². The van der Waals surface area contributed by atoms with Crippen LogP contribution in [0.5, 0.6) is 0 Å². The van der Waals surface area contributed by atoms with E-state index in [4.69, 9.17) is 4.74 Å². The number of methoxy groups -OCH3 is 1. The van der Waals surface area contributed by atoms with Crippen LogP contribution in [0.4, 0.5) is 11.4 Å². The number of rotatable bonds is 8. The highest BCUT2D eigenvalue weighted by molar-refractivity contribution is 7.89. The Balaban J connectivity index is 1.55. The van der Waals surface area contributed by atoms with Gasteiger partial charge < -0.3 is 15.4 Å². The van der Waals surface area contributed by atoms with Crippen LogP contribution in [0.15, 0.2) is 53.4 Å². The summed E-state index contributed by atoms with van der Waals surface area (Å²) in [6.45, 7) is 1.08. The highest BCUT2D eigenvalue weighted by atomic mass is 32.2. The number of nitrogens with one attached hydrogen (secondary N) is 2. The monoisotopic (exact) mass is 445 g/mol. The SMILES string of the molecule is COCC(=O)Nc1ccc(NC(=O)Cc2ccc(S(=O)(=O)N3CCCCC3)cc2)cc1. The Kier molecular flexibility index (Phi) is 7.78. The summed E-state index contributed by atoms with van der Waals surface area (Å²) in [6, 6.07) is 13.2. The van der Waals surface area contributed by atoms with Gasteiger partial charge in [-0.1, -0.05) is 18.6 Å². The van der Waals surface area contributed by atoms with Crippen LogP contribution in [0.3, 0.4) is 0 Å². The number of anilines is 2. The van der Waals surface area contributed by atoms with Crippen molar-refractivity contribution in [2.75, 3.05) is 37.4 Å². The molecule has 0 aliphatic carbocycles. The van der Waals surface area contributed by atoms with Crippen LogP contribution < -0.4 is 10.6 Å². The first-order chi connectivity index (χ1) is 14.9. The van der Waals surface area contributed by atoms with Crippen molar-refractivity contribution in [1.82, 2.24) is 4.31 Å². The van der Waals surface area contributed by atoms with Gasteiger partial charge in [-0.15, -0.1) is 0 Å². The van der Waals surface area contributed by atoms with Gasteiger partial charge in [-0.3, -0.25) is 9.59 Å². The first-order valence-electron chi connectivity index (χ1n) is 10.2. The summed E-state index contributed by atoms with van der Waals surface area (Å²) in [5, 5.41) is 5.46. The molecule has 0 spiro atoms. The maximum atomic E-state index is 12.7. The number of amides is 2. The van der Waals surface area contributed by atoms with E-state index in [9.17, 15) is 18.0 Å². The molecule has 8 nitrogen and oxygen atoms in total. The van der Waals surface area contributed by atoms with Gasteiger partial charge in [0.05, 0.1) is 11.3 Å². The summed E-state index contributed by atoms with van der Waals surface area (Å²) < 4.78 is 31.7. The molecule has 0 atom stereocenters. The van der Waals surface area contributed by atoms with Crippen LogP contribution in [0.2, 0.25) is 0 Å². The third-order valence-corrected chi connectivity index (χ3v) is 6.88. The molecule has 1 aliphatic heterocycles. The van der Waals surface area contributed by atoms with Crippen LogP contribution in [-0.2, 0) is 30.8 Å². The van der Waals surface area contributed by atoms with Crippen LogP contribution in [0, 0.1) is 0 Å². The molecule has 1 saturated heterocycles. The van der Waals surface area contributed by atoms with E-state index < -0.39 is 10.0 Å². The predicted octanol–water partition coefficient (Wildman–Crippen LogP) is 2.63. The summed E-state index contributed by atoms with van der Waals surface area (Å²) in [7, 11) is -2.03. The van der Waals surface area contributed by atoms with Gasteiger partial charge in [0.2, 0.25) is 21.8 Å². The van der Waals surface area contributed by atoms with Crippen LogP contribution in [0.25, 0.3) is 0 Å². The van der Waals surface area contributed by atoms with Crippen molar-refractivity contribution in [3.63, 3.8) is 0 Å².